The van der Waals surface area contributed by atoms with E-state index in [1.165, 1.54) is 11.8 Å². The summed E-state index contributed by atoms with van der Waals surface area (Å²) >= 11 is 1.22. The minimum atomic E-state index is -0.405. The number of hydrogen-bond donors (Lipinski definition) is 1. The lowest BCUT2D eigenvalue weighted by Crippen LogP contribution is -2.13. The van der Waals surface area contributed by atoms with E-state index in [9.17, 15) is 4.79 Å². The van der Waals surface area contributed by atoms with Crippen molar-refractivity contribution in [2.75, 3.05) is 5.75 Å². The highest BCUT2D eigenvalue weighted by atomic mass is 32.2. The fraction of sp³-hybridized carbons (Fsp3) is 0.0714. The Hall–Kier alpha value is -2.94. The number of amides is 1. The van der Waals surface area contributed by atoms with Gasteiger partial charge in [-0.05, 0) is 12.1 Å². The number of thioether (sulfide) groups is 1. The number of rotatable bonds is 4. The van der Waals surface area contributed by atoms with Crippen molar-refractivity contribution in [3.63, 3.8) is 0 Å². The molecule has 0 unspecified atom stereocenters. The highest BCUT2D eigenvalue weighted by Gasteiger charge is 2.14. The molecular weight excluding hydrogens is 314 g/mol. The molecule has 0 radical (unpaired) electrons. The number of benzene rings is 1. The van der Waals surface area contributed by atoms with Crippen LogP contribution in [0.1, 0.15) is 0 Å². The summed E-state index contributed by atoms with van der Waals surface area (Å²) in [5.74, 6) is -0.264. The number of carbonyl (C=O) groups is 1. The van der Waals surface area contributed by atoms with Gasteiger partial charge in [-0.3, -0.25) is 9.20 Å². The molecular formula is C14H11N7OS. The lowest BCUT2D eigenvalue weighted by molar-refractivity contribution is -0.115. The first-order chi connectivity index (χ1) is 11.2. The second kappa shape index (κ2) is 5.36. The summed E-state index contributed by atoms with van der Waals surface area (Å²) in [5.41, 5.74) is 7.42. The Bertz CT molecular complexity index is 1010. The first-order valence-electron chi connectivity index (χ1n) is 6.78. The number of primary amides is 1. The largest absolute Gasteiger partial charge is 0.369 e. The van der Waals surface area contributed by atoms with Crippen molar-refractivity contribution in [2.45, 2.75) is 5.16 Å². The Morgan fingerprint density at radius 2 is 2.00 bits per heavy atom. The van der Waals surface area contributed by atoms with Crippen molar-refractivity contribution >= 4 is 34.3 Å². The van der Waals surface area contributed by atoms with Gasteiger partial charge in [0, 0.05) is 0 Å². The van der Waals surface area contributed by atoms with Crippen LogP contribution in [0.3, 0.4) is 0 Å². The van der Waals surface area contributed by atoms with Gasteiger partial charge < -0.3 is 5.73 Å². The third kappa shape index (κ3) is 2.30. The van der Waals surface area contributed by atoms with Crippen molar-refractivity contribution in [1.82, 2.24) is 29.4 Å². The molecule has 3 aromatic heterocycles. The molecule has 0 spiro atoms. The highest BCUT2D eigenvalue weighted by Crippen LogP contribution is 2.23. The quantitative estimate of drug-likeness (QED) is 0.562. The number of nitrogens with zero attached hydrogens (tertiary/aromatic N) is 6. The number of para-hydroxylation sites is 1. The van der Waals surface area contributed by atoms with Crippen LogP contribution in [0, 0.1) is 0 Å². The second-order valence-electron chi connectivity index (χ2n) is 4.80. The zero-order valence-electron chi connectivity index (χ0n) is 11.8. The van der Waals surface area contributed by atoms with Crippen molar-refractivity contribution in [3.8, 4) is 5.69 Å². The molecule has 2 N–H and O–H groups in total. The van der Waals surface area contributed by atoms with Gasteiger partial charge in [-0.1, -0.05) is 30.0 Å². The molecule has 23 heavy (non-hydrogen) atoms. The Labute approximate surface area is 134 Å². The molecule has 8 nitrogen and oxygen atoms in total. The van der Waals surface area contributed by atoms with Gasteiger partial charge in [0.1, 0.15) is 6.33 Å². The van der Waals surface area contributed by atoms with Gasteiger partial charge in [0.15, 0.2) is 16.5 Å². The summed E-state index contributed by atoms with van der Waals surface area (Å²) in [6.07, 6.45) is 3.34. The van der Waals surface area contributed by atoms with E-state index in [0.717, 1.165) is 11.1 Å². The average Bonchev–Trinajstić information content (AvgIpc) is 3.17. The zero-order chi connectivity index (χ0) is 15.8. The van der Waals surface area contributed by atoms with Gasteiger partial charge in [-0.2, -0.15) is 5.10 Å². The minimum Gasteiger partial charge on any atom is -0.369 e. The lowest BCUT2D eigenvalue weighted by Gasteiger charge is -2.02. The molecule has 0 saturated heterocycles. The van der Waals surface area contributed by atoms with Crippen molar-refractivity contribution in [3.05, 3.63) is 42.9 Å². The van der Waals surface area contributed by atoms with E-state index in [-0.39, 0.29) is 5.75 Å². The van der Waals surface area contributed by atoms with Crippen LogP contribution in [0.4, 0.5) is 0 Å². The van der Waals surface area contributed by atoms with Crippen LogP contribution in [0.5, 0.6) is 0 Å². The Morgan fingerprint density at radius 3 is 2.78 bits per heavy atom. The van der Waals surface area contributed by atoms with E-state index >= 15 is 0 Å². The maximum Gasteiger partial charge on any atom is 0.227 e. The molecule has 0 bridgehead atoms. The van der Waals surface area contributed by atoms with Crippen molar-refractivity contribution in [1.29, 1.82) is 0 Å². The molecule has 0 aliphatic rings. The van der Waals surface area contributed by atoms with Crippen LogP contribution in [0.25, 0.3) is 22.4 Å². The summed E-state index contributed by atoms with van der Waals surface area (Å²) in [6, 6.07) is 9.74. The Kier molecular flexibility index (Phi) is 3.19. The van der Waals surface area contributed by atoms with Crippen LogP contribution in [-0.2, 0) is 4.79 Å². The second-order valence-corrected chi connectivity index (χ2v) is 5.75. The number of nitrogens with two attached hydrogens (primary N) is 1. The van der Waals surface area contributed by atoms with E-state index < -0.39 is 5.91 Å². The van der Waals surface area contributed by atoms with Crippen molar-refractivity contribution in [2.24, 2.45) is 5.73 Å². The molecule has 3 heterocycles. The number of aromatic nitrogens is 6. The third-order valence-electron chi connectivity index (χ3n) is 3.29. The van der Waals surface area contributed by atoms with Crippen LogP contribution in [0.15, 0.2) is 48.0 Å². The van der Waals surface area contributed by atoms with Crippen LogP contribution >= 0.6 is 11.8 Å². The fourth-order valence-corrected chi connectivity index (χ4v) is 2.94. The minimum absolute atomic E-state index is 0.141. The summed E-state index contributed by atoms with van der Waals surface area (Å²) in [5, 5.41) is 14.0. The molecule has 4 aromatic rings. The Balaban J connectivity index is 1.84. The average molecular weight is 325 g/mol. The maximum absolute atomic E-state index is 10.9. The predicted molar refractivity (Wildman–Crippen MR) is 85.3 cm³/mol. The monoisotopic (exact) mass is 325 g/mol. The molecule has 9 heteroatoms. The third-order valence-corrected chi connectivity index (χ3v) is 4.25. The first kappa shape index (κ1) is 13.7. The van der Waals surface area contributed by atoms with Gasteiger partial charge in [-0.25, -0.2) is 9.67 Å². The first-order valence-corrected chi connectivity index (χ1v) is 7.76. The van der Waals surface area contributed by atoms with Crippen LogP contribution < -0.4 is 5.73 Å². The fourth-order valence-electron chi connectivity index (χ4n) is 2.29. The van der Waals surface area contributed by atoms with Gasteiger partial charge in [-0.15, -0.1) is 10.2 Å². The zero-order valence-corrected chi connectivity index (χ0v) is 12.6. The van der Waals surface area contributed by atoms with Crippen molar-refractivity contribution < 1.29 is 4.79 Å². The van der Waals surface area contributed by atoms with E-state index in [4.69, 9.17) is 5.73 Å². The molecule has 0 fully saturated rings. The topological polar surface area (TPSA) is 104 Å². The molecule has 0 saturated carbocycles. The number of hydrogen-bond acceptors (Lipinski definition) is 6. The molecule has 114 valence electrons. The normalized spacial score (nSPS) is 11.3. The lowest BCUT2D eigenvalue weighted by atomic mass is 10.3. The summed E-state index contributed by atoms with van der Waals surface area (Å²) < 4.78 is 3.48. The standard InChI is InChI=1S/C14H11N7OS/c15-11(22)7-23-14-19-18-13-10-6-17-21(9-4-2-1-3-5-9)12(10)16-8-20(13)14/h1-6,8H,7H2,(H2,15,22). The van der Waals surface area contributed by atoms with E-state index in [1.807, 2.05) is 30.3 Å². The van der Waals surface area contributed by atoms with Gasteiger partial charge in [0.25, 0.3) is 0 Å². The van der Waals surface area contributed by atoms with E-state index in [0.29, 0.717) is 16.5 Å². The molecule has 1 amide bonds. The molecule has 0 atom stereocenters. The number of carbonyl (C=O) groups excluding carboxylic acids is 1. The van der Waals surface area contributed by atoms with Gasteiger partial charge >= 0.3 is 0 Å². The highest BCUT2D eigenvalue weighted by molar-refractivity contribution is 7.99. The molecule has 0 aliphatic heterocycles. The van der Waals surface area contributed by atoms with Crippen LogP contribution in [-0.4, -0.2) is 41.0 Å². The van der Waals surface area contributed by atoms with Gasteiger partial charge in [0.2, 0.25) is 5.91 Å². The SMILES string of the molecule is NC(=O)CSc1nnc2c3cnn(-c4ccccc4)c3ncn12. The molecule has 4 rings (SSSR count). The number of fused-ring (bicyclic) bond motifs is 3. The summed E-state index contributed by atoms with van der Waals surface area (Å²) in [7, 11) is 0. The molecule has 1 aromatic carbocycles. The molecule has 0 aliphatic carbocycles. The van der Waals surface area contributed by atoms with E-state index in [2.05, 4.69) is 20.3 Å². The Morgan fingerprint density at radius 1 is 1.17 bits per heavy atom. The summed E-state index contributed by atoms with van der Waals surface area (Å²) in [4.78, 5) is 15.4. The van der Waals surface area contributed by atoms with E-state index in [1.54, 1.807) is 21.6 Å². The van der Waals surface area contributed by atoms with Crippen LogP contribution in [0.2, 0.25) is 0 Å². The van der Waals surface area contributed by atoms with Gasteiger partial charge in [0.05, 0.1) is 23.0 Å². The maximum atomic E-state index is 10.9. The smallest absolute Gasteiger partial charge is 0.227 e. The predicted octanol–water partition coefficient (Wildman–Crippen LogP) is 1.04. The summed E-state index contributed by atoms with van der Waals surface area (Å²) in [6.45, 7) is 0.